The number of phenolic OH excluding ortho intramolecular Hbond substituents is 1. The number of benzene rings is 2. The smallest absolute Gasteiger partial charge is 0.265 e. The summed E-state index contributed by atoms with van der Waals surface area (Å²) in [5.41, 5.74) is 0.753. The van der Waals surface area contributed by atoms with Crippen molar-refractivity contribution in [2.24, 2.45) is 0 Å². The van der Waals surface area contributed by atoms with Gasteiger partial charge in [0.25, 0.3) is 11.8 Å². The number of nitrogens with one attached hydrogen (secondary N) is 2. The summed E-state index contributed by atoms with van der Waals surface area (Å²) in [7, 11) is -3.88. The number of sulfonamides is 1. The van der Waals surface area contributed by atoms with Gasteiger partial charge in [-0.25, -0.2) is 18.1 Å². The number of aromatic nitrogens is 1. The summed E-state index contributed by atoms with van der Waals surface area (Å²) >= 11 is 13.4. The first-order valence-corrected chi connectivity index (χ1v) is 15.0. The molecule has 4 rings (SSSR count). The number of amides is 1. The fourth-order valence-electron chi connectivity index (χ4n) is 3.75. The molecule has 0 aliphatic rings. The van der Waals surface area contributed by atoms with E-state index in [0.717, 1.165) is 11.3 Å². The molecule has 1 atom stereocenters. The second-order valence-electron chi connectivity index (χ2n) is 8.96. The minimum atomic E-state index is -3.88. The number of rotatable bonds is 11. The molecule has 4 aromatic rings. The molecule has 2 aromatic carbocycles. The van der Waals surface area contributed by atoms with Crippen LogP contribution in [-0.4, -0.2) is 42.0 Å². The fraction of sp³-hybridized carbons (Fsp3) is 0.185. The average molecular weight is 637 g/mol. The normalized spacial score (nSPS) is 12.2. The van der Waals surface area contributed by atoms with Gasteiger partial charge in [-0.1, -0.05) is 29.3 Å². The molecule has 0 bridgehead atoms. The summed E-state index contributed by atoms with van der Waals surface area (Å²) in [5, 5.41) is 12.8. The first-order valence-electron chi connectivity index (χ1n) is 12.0. The number of aromatic hydroxyl groups is 1. The van der Waals surface area contributed by atoms with E-state index in [1.807, 2.05) is 0 Å². The highest BCUT2D eigenvalue weighted by Crippen LogP contribution is 2.35. The van der Waals surface area contributed by atoms with Crippen LogP contribution in [0.1, 0.15) is 44.1 Å². The van der Waals surface area contributed by atoms with Gasteiger partial charge in [-0.2, -0.15) is 0 Å². The van der Waals surface area contributed by atoms with Crippen molar-refractivity contribution in [2.75, 3.05) is 0 Å². The fourth-order valence-corrected chi connectivity index (χ4v) is 6.37. The molecule has 0 radical (unpaired) electrons. The SMILES string of the molecule is CC(=O)CC(NC(=O)c1ccc(CNS(=O)(=O)c2ccc(O)c(C)c2)s1)C(=O)c1ncc(-c2c(Cl)cccc2Cl)o1. The van der Waals surface area contributed by atoms with Crippen LogP contribution in [0.15, 0.2) is 64.0 Å². The van der Waals surface area contributed by atoms with E-state index in [1.165, 1.54) is 37.4 Å². The van der Waals surface area contributed by atoms with Gasteiger partial charge in [0.15, 0.2) is 5.76 Å². The summed E-state index contributed by atoms with van der Waals surface area (Å²) in [4.78, 5) is 42.8. The van der Waals surface area contributed by atoms with Gasteiger partial charge in [-0.3, -0.25) is 14.4 Å². The van der Waals surface area contributed by atoms with E-state index in [2.05, 4.69) is 15.0 Å². The lowest BCUT2D eigenvalue weighted by Crippen LogP contribution is -2.42. The number of aryl methyl sites for hydroxylation is 1. The van der Waals surface area contributed by atoms with E-state index >= 15 is 0 Å². The average Bonchev–Trinajstić information content (AvgIpc) is 3.58. The molecule has 2 heterocycles. The van der Waals surface area contributed by atoms with E-state index in [-0.39, 0.29) is 56.0 Å². The van der Waals surface area contributed by atoms with E-state index < -0.39 is 27.8 Å². The molecular formula is C27H23Cl2N3O7S2. The van der Waals surface area contributed by atoms with Crippen molar-refractivity contribution in [3.63, 3.8) is 0 Å². The van der Waals surface area contributed by atoms with Crippen molar-refractivity contribution < 1.29 is 32.3 Å². The van der Waals surface area contributed by atoms with Crippen LogP contribution in [-0.2, 0) is 21.4 Å². The molecule has 1 unspecified atom stereocenters. The Bertz CT molecular complexity index is 1730. The Morgan fingerprint density at radius 3 is 2.46 bits per heavy atom. The van der Waals surface area contributed by atoms with Gasteiger partial charge >= 0.3 is 0 Å². The first-order chi connectivity index (χ1) is 19.4. The minimum absolute atomic E-state index is 0.0144. The number of oxazole rings is 1. The largest absolute Gasteiger partial charge is 0.508 e. The van der Waals surface area contributed by atoms with E-state index in [9.17, 15) is 27.9 Å². The molecule has 0 aliphatic heterocycles. The summed E-state index contributed by atoms with van der Waals surface area (Å²) < 4.78 is 33.3. The van der Waals surface area contributed by atoms with Crippen LogP contribution in [0.3, 0.4) is 0 Å². The van der Waals surface area contributed by atoms with E-state index in [1.54, 1.807) is 31.2 Å². The van der Waals surface area contributed by atoms with Crippen LogP contribution in [0.5, 0.6) is 5.75 Å². The maximum atomic E-state index is 13.2. The van der Waals surface area contributed by atoms with Crippen molar-refractivity contribution in [1.82, 2.24) is 15.0 Å². The summed E-state index contributed by atoms with van der Waals surface area (Å²) in [6, 6.07) is 10.5. The van der Waals surface area contributed by atoms with Gasteiger partial charge in [0.05, 0.1) is 31.6 Å². The number of nitrogens with zero attached hydrogens (tertiary/aromatic N) is 1. The minimum Gasteiger partial charge on any atom is -0.508 e. The standard InChI is InChI=1S/C27H23Cl2N3O7S2/c1-14-10-17(7-8-21(14)34)41(37,38)31-12-16-6-9-23(40-16)26(36)32-20(11-15(2)33)25(35)27-30-13-22(39-27)24-18(28)4-3-5-19(24)29/h3-10,13,20,31,34H,11-12H2,1-2H3,(H,32,36). The highest BCUT2D eigenvalue weighted by atomic mass is 35.5. The number of carbonyl (C=O) groups excluding carboxylic acids is 3. The predicted octanol–water partition coefficient (Wildman–Crippen LogP) is 5.16. The van der Waals surface area contributed by atoms with Crippen LogP contribution in [0.4, 0.5) is 0 Å². The van der Waals surface area contributed by atoms with Gasteiger partial charge in [-0.15, -0.1) is 11.3 Å². The number of Topliss-reactive ketones (excluding diaryl/α,β-unsaturated/α-hetero) is 2. The number of carbonyl (C=O) groups is 3. The molecule has 3 N–H and O–H groups in total. The van der Waals surface area contributed by atoms with E-state index in [0.29, 0.717) is 16.0 Å². The van der Waals surface area contributed by atoms with Crippen molar-refractivity contribution in [1.29, 1.82) is 0 Å². The number of hydrogen-bond acceptors (Lipinski definition) is 9. The zero-order chi connectivity index (χ0) is 29.9. The van der Waals surface area contributed by atoms with Crippen LogP contribution < -0.4 is 10.0 Å². The molecule has 0 saturated heterocycles. The summed E-state index contributed by atoms with van der Waals surface area (Å²) in [6.07, 6.45) is 0.970. The van der Waals surface area contributed by atoms with Crippen molar-refractivity contribution in [2.45, 2.75) is 37.8 Å². The Balaban J connectivity index is 1.46. The van der Waals surface area contributed by atoms with Crippen molar-refractivity contribution >= 4 is 62.0 Å². The topological polar surface area (TPSA) is 156 Å². The molecule has 41 heavy (non-hydrogen) atoms. The Morgan fingerprint density at radius 2 is 1.80 bits per heavy atom. The van der Waals surface area contributed by atoms with Crippen LogP contribution in [0, 0.1) is 6.92 Å². The molecule has 0 aliphatic carbocycles. The molecule has 1 amide bonds. The van der Waals surface area contributed by atoms with Gasteiger partial charge in [0.1, 0.15) is 17.6 Å². The van der Waals surface area contributed by atoms with Crippen LogP contribution in [0.2, 0.25) is 10.0 Å². The Labute approximate surface area is 249 Å². The number of phenols is 1. The lowest BCUT2D eigenvalue weighted by atomic mass is 10.1. The molecule has 10 nitrogen and oxygen atoms in total. The molecule has 0 spiro atoms. The Morgan fingerprint density at radius 1 is 1.10 bits per heavy atom. The van der Waals surface area contributed by atoms with Crippen LogP contribution >= 0.6 is 34.5 Å². The Kier molecular flexibility index (Phi) is 9.30. The van der Waals surface area contributed by atoms with Gasteiger partial charge < -0.3 is 14.8 Å². The molecule has 0 fully saturated rings. The van der Waals surface area contributed by atoms with Crippen molar-refractivity contribution in [3.8, 4) is 17.1 Å². The van der Waals surface area contributed by atoms with Gasteiger partial charge in [-0.05, 0) is 61.9 Å². The second kappa shape index (κ2) is 12.5. The summed E-state index contributed by atoms with van der Waals surface area (Å²) in [6.45, 7) is 2.76. The molecule has 2 aromatic heterocycles. The second-order valence-corrected chi connectivity index (χ2v) is 12.7. The third-order valence-electron chi connectivity index (χ3n) is 5.84. The molecule has 214 valence electrons. The maximum Gasteiger partial charge on any atom is 0.265 e. The van der Waals surface area contributed by atoms with Gasteiger partial charge in [0, 0.05) is 17.8 Å². The van der Waals surface area contributed by atoms with Crippen LogP contribution in [0.25, 0.3) is 11.3 Å². The molecular weight excluding hydrogens is 613 g/mol. The highest BCUT2D eigenvalue weighted by molar-refractivity contribution is 7.89. The number of thiophene rings is 1. The summed E-state index contributed by atoms with van der Waals surface area (Å²) in [5.74, 6) is -1.93. The third kappa shape index (κ3) is 7.21. The third-order valence-corrected chi connectivity index (χ3v) is 8.95. The first kappa shape index (κ1) is 30.4. The molecule has 14 heteroatoms. The number of ketones is 2. The number of hydrogen-bond donors (Lipinski definition) is 3. The Hall–Kier alpha value is -3.55. The quantitative estimate of drug-likeness (QED) is 0.191. The predicted molar refractivity (Wildman–Crippen MR) is 154 cm³/mol. The highest BCUT2D eigenvalue weighted by Gasteiger charge is 2.29. The lowest BCUT2D eigenvalue weighted by Gasteiger charge is -2.14. The van der Waals surface area contributed by atoms with Gasteiger partial charge in [0.2, 0.25) is 15.8 Å². The zero-order valence-corrected chi connectivity index (χ0v) is 24.7. The lowest BCUT2D eigenvalue weighted by molar-refractivity contribution is -0.117. The maximum absolute atomic E-state index is 13.2. The molecule has 0 saturated carbocycles. The van der Waals surface area contributed by atoms with Crippen molar-refractivity contribution in [3.05, 3.63) is 86.0 Å². The number of halogens is 2. The van der Waals surface area contributed by atoms with E-state index in [4.69, 9.17) is 27.6 Å². The monoisotopic (exact) mass is 635 g/mol. The zero-order valence-electron chi connectivity index (χ0n) is 21.6.